The van der Waals surface area contributed by atoms with Crippen LogP contribution in [0.1, 0.15) is 44.9 Å². The molecule has 1 unspecified atom stereocenters. The molecule has 2 amide bonds. The fourth-order valence-corrected chi connectivity index (χ4v) is 3.40. The number of likely N-dealkylation sites (tertiary alicyclic amines) is 1. The lowest BCUT2D eigenvalue weighted by molar-refractivity contribution is -0.130. The van der Waals surface area contributed by atoms with Gasteiger partial charge in [0.05, 0.1) is 5.92 Å². The molecule has 1 heterocycles. The first kappa shape index (κ1) is 16.3. The lowest BCUT2D eigenvalue weighted by Crippen LogP contribution is -2.39. The van der Waals surface area contributed by atoms with Crippen molar-refractivity contribution in [1.82, 2.24) is 15.1 Å². The van der Waals surface area contributed by atoms with Crippen LogP contribution in [0.3, 0.4) is 0 Å². The number of nitrogens with zero attached hydrogens (tertiary/aromatic N) is 2. The quantitative estimate of drug-likeness (QED) is 0.750. The molecule has 0 radical (unpaired) electrons. The van der Waals surface area contributed by atoms with Crippen molar-refractivity contribution >= 4 is 11.8 Å². The third kappa shape index (κ3) is 4.70. The Morgan fingerprint density at radius 1 is 1.29 bits per heavy atom. The first-order valence-electron chi connectivity index (χ1n) is 8.30. The second-order valence-electron chi connectivity index (χ2n) is 6.69. The molecule has 1 saturated heterocycles. The van der Waals surface area contributed by atoms with Gasteiger partial charge in [0.25, 0.3) is 0 Å². The van der Waals surface area contributed by atoms with Gasteiger partial charge in [0.2, 0.25) is 11.8 Å². The Morgan fingerprint density at radius 2 is 2.00 bits per heavy atom. The van der Waals surface area contributed by atoms with Gasteiger partial charge >= 0.3 is 0 Å². The minimum Gasteiger partial charge on any atom is -0.356 e. The van der Waals surface area contributed by atoms with Gasteiger partial charge < -0.3 is 15.1 Å². The fourth-order valence-electron chi connectivity index (χ4n) is 3.40. The Balaban J connectivity index is 1.74. The van der Waals surface area contributed by atoms with Crippen molar-refractivity contribution in [3.8, 4) is 0 Å². The molecule has 1 aliphatic heterocycles. The molecule has 120 valence electrons. The lowest BCUT2D eigenvalue weighted by Gasteiger charge is -2.31. The Hall–Kier alpha value is -1.10. The van der Waals surface area contributed by atoms with E-state index in [-0.39, 0.29) is 17.7 Å². The van der Waals surface area contributed by atoms with Gasteiger partial charge in [0, 0.05) is 25.6 Å². The zero-order chi connectivity index (χ0) is 15.2. The molecule has 2 fully saturated rings. The summed E-state index contributed by atoms with van der Waals surface area (Å²) in [6.07, 6.45) is 7.30. The maximum Gasteiger partial charge on any atom is 0.225 e. The van der Waals surface area contributed by atoms with E-state index in [0.29, 0.717) is 25.6 Å². The van der Waals surface area contributed by atoms with Crippen LogP contribution in [-0.2, 0) is 9.59 Å². The molecule has 2 rings (SSSR count). The molecule has 0 aromatic rings. The highest BCUT2D eigenvalue weighted by molar-refractivity contribution is 5.89. The van der Waals surface area contributed by atoms with Crippen molar-refractivity contribution in [3.63, 3.8) is 0 Å². The number of nitrogens with one attached hydrogen (secondary N) is 1. The standard InChI is InChI=1S/C16H29N3O2/c1-18(2)10-6-9-17-16(21)13-11-15(20)19(12-13)14-7-4-3-5-8-14/h13-14H,3-12H2,1-2H3,(H,17,21). The molecule has 21 heavy (non-hydrogen) atoms. The van der Waals surface area contributed by atoms with Crippen molar-refractivity contribution < 1.29 is 9.59 Å². The van der Waals surface area contributed by atoms with Gasteiger partial charge in [-0.05, 0) is 39.9 Å². The van der Waals surface area contributed by atoms with Gasteiger partial charge in [-0.15, -0.1) is 0 Å². The van der Waals surface area contributed by atoms with E-state index in [0.717, 1.165) is 25.8 Å². The maximum atomic E-state index is 12.2. The van der Waals surface area contributed by atoms with Crippen molar-refractivity contribution in [3.05, 3.63) is 0 Å². The highest BCUT2D eigenvalue weighted by Gasteiger charge is 2.37. The van der Waals surface area contributed by atoms with Crippen LogP contribution in [0.2, 0.25) is 0 Å². The first-order valence-corrected chi connectivity index (χ1v) is 8.30. The van der Waals surface area contributed by atoms with E-state index in [2.05, 4.69) is 10.2 Å². The van der Waals surface area contributed by atoms with Crippen molar-refractivity contribution in [2.75, 3.05) is 33.7 Å². The number of amides is 2. The zero-order valence-electron chi connectivity index (χ0n) is 13.4. The molecule has 0 aromatic carbocycles. The van der Waals surface area contributed by atoms with Gasteiger partial charge in [0.1, 0.15) is 0 Å². The largest absolute Gasteiger partial charge is 0.356 e. The van der Waals surface area contributed by atoms with E-state index in [1.165, 1.54) is 19.3 Å². The van der Waals surface area contributed by atoms with Crippen LogP contribution in [0.4, 0.5) is 0 Å². The third-order valence-corrected chi connectivity index (χ3v) is 4.63. The summed E-state index contributed by atoms with van der Waals surface area (Å²) in [6.45, 7) is 2.30. The van der Waals surface area contributed by atoms with E-state index in [1.54, 1.807) is 0 Å². The molecule has 0 spiro atoms. The molecule has 0 bridgehead atoms. The van der Waals surface area contributed by atoms with Crippen LogP contribution in [-0.4, -0.2) is 61.4 Å². The monoisotopic (exact) mass is 295 g/mol. The Kier molecular flexibility index (Phi) is 6.03. The molecule has 5 nitrogen and oxygen atoms in total. The molecule has 0 aromatic heterocycles. The molecule has 2 aliphatic rings. The summed E-state index contributed by atoms with van der Waals surface area (Å²) < 4.78 is 0. The van der Waals surface area contributed by atoms with Crippen LogP contribution in [0, 0.1) is 5.92 Å². The lowest BCUT2D eigenvalue weighted by atomic mass is 9.94. The molecule has 5 heteroatoms. The summed E-state index contributed by atoms with van der Waals surface area (Å²) >= 11 is 0. The third-order valence-electron chi connectivity index (χ3n) is 4.63. The second-order valence-corrected chi connectivity index (χ2v) is 6.69. The van der Waals surface area contributed by atoms with Crippen LogP contribution >= 0.6 is 0 Å². The average Bonchev–Trinajstić information content (AvgIpc) is 2.86. The molecule has 1 atom stereocenters. The number of hydrogen-bond acceptors (Lipinski definition) is 3. The summed E-state index contributed by atoms with van der Waals surface area (Å²) in [4.78, 5) is 28.4. The van der Waals surface area contributed by atoms with Gasteiger partial charge in [-0.2, -0.15) is 0 Å². The normalized spacial score (nSPS) is 23.9. The zero-order valence-corrected chi connectivity index (χ0v) is 13.4. The van der Waals surface area contributed by atoms with Gasteiger partial charge in [-0.3, -0.25) is 9.59 Å². The Morgan fingerprint density at radius 3 is 2.67 bits per heavy atom. The van der Waals surface area contributed by atoms with E-state index in [1.807, 2.05) is 19.0 Å². The van der Waals surface area contributed by atoms with Crippen molar-refractivity contribution in [2.24, 2.45) is 5.92 Å². The molecule has 1 N–H and O–H groups in total. The smallest absolute Gasteiger partial charge is 0.225 e. The number of carbonyl (C=O) groups excluding carboxylic acids is 2. The van der Waals surface area contributed by atoms with Crippen LogP contribution in [0.25, 0.3) is 0 Å². The van der Waals surface area contributed by atoms with Gasteiger partial charge in [-0.1, -0.05) is 19.3 Å². The molecule has 1 saturated carbocycles. The summed E-state index contributed by atoms with van der Waals surface area (Å²) in [5, 5.41) is 2.98. The summed E-state index contributed by atoms with van der Waals surface area (Å²) in [6, 6.07) is 0.387. The number of hydrogen-bond donors (Lipinski definition) is 1. The molecular weight excluding hydrogens is 266 g/mol. The van der Waals surface area contributed by atoms with Crippen molar-refractivity contribution in [2.45, 2.75) is 51.0 Å². The topological polar surface area (TPSA) is 52.7 Å². The van der Waals surface area contributed by atoms with Gasteiger partial charge in [0.15, 0.2) is 0 Å². The summed E-state index contributed by atoms with van der Waals surface area (Å²) in [5.74, 6) is 0.0922. The highest BCUT2D eigenvalue weighted by Crippen LogP contribution is 2.28. The molecular formula is C16H29N3O2. The summed E-state index contributed by atoms with van der Waals surface area (Å²) in [7, 11) is 4.05. The molecule has 1 aliphatic carbocycles. The van der Waals surface area contributed by atoms with E-state index in [9.17, 15) is 9.59 Å². The van der Waals surface area contributed by atoms with Crippen LogP contribution in [0.5, 0.6) is 0 Å². The van der Waals surface area contributed by atoms with Gasteiger partial charge in [-0.25, -0.2) is 0 Å². The number of rotatable bonds is 6. The summed E-state index contributed by atoms with van der Waals surface area (Å²) in [5.41, 5.74) is 0. The minimum atomic E-state index is -0.140. The van der Waals surface area contributed by atoms with E-state index < -0.39 is 0 Å². The van der Waals surface area contributed by atoms with Crippen LogP contribution in [0.15, 0.2) is 0 Å². The predicted octanol–water partition coefficient (Wildman–Crippen LogP) is 1.24. The predicted molar refractivity (Wildman–Crippen MR) is 82.9 cm³/mol. The average molecular weight is 295 g/mol. The van der Waals surface area contributed by atoms with E-state index in [4.69, 9.17) is 0 Å². The number of carbonyl (C=O) groups is 2. The SMILES string of the molecule is CN(C)CCCNC(=O)C1CC(=O)N(C2CCCCC2)C1. The Bertz CT molecular complexity index is 365. The second kappa shape index (κ2) is 7.78. The maximum absolute atomic E-state index is 12.2. The Labute approximate surface area is 128 Å². The first-order chi connectivity index (χ1) is 10.1. The van der Waals surface area contributed by atoms with Crippen molar-refractivity contribution in [1.29, 1.82) is 0 Å². The van der Waals surface area contributed by atoms with Crippen LogP contribution < -0.4 is 5.32 Å². The highest BCUT2D eigenvalue weighted by atomic mass is 16.2. The minimum absolute atomic E-state index is 0.0559. The fraction of sp³-hybridized carbons (Fsp3) is 0.875. The van der Waals surface area contributed by atoms with E-state index >= 15 is 0 Å².